The van der Waals surface area contributed by atoms with Crippen molar-refractivity contribution in [2.24, 2.45) is 0 Å². The second kappa shape index (κ2) is 7.81. The number of nitrogens with zero attached hydrogens (tertiary/aromatic N) is 3. The summed E-state index contributed by atoms with van der Waals surface area (Å²) in [6.07, 6.45) is 0.796. The Morgan fingerprint density at radius 3 is 2.46 bits per heavy atom. The van der Waals surface area contributed by atoms with Gasteiger partial charge >= 0.3 is 6.03 Å². The fourth-order valence-electron chi connectivity index (χ4n) is 2.68. The number of likely N-dealkylation sites (N-methyl/N-ethyl adjacent to an activating group) is 2. The fourth-order valence-corrected chi connectivity index (χ4v) is 2.68. The van der Waals surface area contributed by atoms with E-state index < -0.39 is 6.04 Å². The number of carbonyl (C=O) groups is 3. The van der Waals surface area contributed by atoms with E-state index in [1.165, 1.54) is 19.0 Å². The molecule has 24 heavy (non-hydrogen) atoms. The van der Waals surface area contributed by atoms with Crippen molar-refractivity contribution < 1.29 is 14.4 Å². The standard InChI is InChI=1S/C17H24N4O3/c1-19(13-8-5-4-6-9-13)11-7-10-18-15(22)12-14-16(23)21(3)17(24)20(14)2/h4-6,8-9,14H,7,10-12H2,1-3H3,(H,18,22)/t14-/m1/s1. The Labute approximate surface area is 142 Å². The van der Waals surface area contributed by atoms with Gasteiger partial charge in [-0.25, -0.2) is 4.79 Å². The van der Waals surface area contributed by atoms with E-state index in [1.807, 2.05) is 37.4 Å². The molecule has 0 aromatic heterocycles. The summed E-state index contributed by atoms with van der Waals surface area (Å²) in [5, 5.41) is 2.81. The Hall–Kier alpha value is -2.57. The fraction of sp³-hybridized carbons (Fsp3) is 0.471. The van der Waals surface area contributed by atoms with Gasteiger partial charge < -0.3 is 15.1 Å². The normalized spacial score (nSPS) is 17.4. The van der Waals surface area contributed by atoms with Crippen LogP contribution in [0.4, 0.5) is 10.5 Å². The van der Waals surface area contributed by atoms with Crippen LogP contribution >= 0.6 is 0 Å². The highest BCUT2D eigenvalue weighted by Crippen LogP contribution is 2.16. The monoisotopic (exact) mass is 332 g/mol. The van der Waals surface area contributed by atoms with Crippen molar-refractivity contribution in [1.82, 2.24) is 15.1 Å². The molecule has 2 rings (SSSR count). The lowest BCUT2D eigenvalue weighted by Crippen LogP contribution is -2.38. The van der Waals surface area contributed by atoms with Gasteiger partial charge in [-0.15, -0.1) is 0 Å². The molecule has 0 saturated carbocycles. The zero-order valence-electron chi connectivity index (χ0n) is 14.4. The molecule has 4 amide bonds. The third-order valence-electron chi connectivity index (χ3n) is 4.24. The van der Waals surface area contributed by atoms with Crippen LogP contribution in [-0.2, 0) is 9.59 Å². The molecule has 1 N–H and O–H groups in total. The number of amides is 4. The zero-order valence-corrected chi connectivity index (χ0v) is 14.4. The van der Waals surface area contributed by atoms with Crippen LogP contribution in [0.25, 0.3) is 0 Å². The van der Waals surface area contributed by atoms with Crippen LogP contribution in [0.15, 0.2) is 30.3 Å². The highest BCUT2D eigenvalue weighted by molar-refractivity contribution is 6.05. The molecule has 1 aromatic carbocycles. The topological polar surface area (TPSA) is 73.0 Å². The summed E-state index contributed by atoms with van der Waals surface area (Å²) in [5.41, 5.74) is 1.13. The third-order valence-corrected chi connectivity index (χ3v) is 4.24. The molecule has 1 fully saturated rings. The molecule has 0 radical (unpaired) electrons. The molecule has 0 spiro atoms. The third kappa shape index (κ3) is 4.04. The molecule has 1 aromatic rings. The van der Waals surface area contributed by atoms with Crippen molar-refractivity contribution in [3.05, 3.63) is 30.3 Å². The van der Waals surface area contributed by atoms with E-state index in [0.717, 1.165) is 23.6 Å². The number of nitrogens with one attached hydrogen (secondary N) is 1. The van der Waals surface area contributed by atoms with Crippen LogP contribution < -0.4 is 10.2 Å². The van der Waals surface area contributed by atoms with E-state index in [0.29, 0.717) is 6.54 Å². The van der Waals surface area contributed by atoms with Crippen molar-refractivity contribution in [2.75, 3.05) is 39.1 Å². The zero-order chi connectivity index (χ0) is 17.7. The number of imide groups is 1. The van der Waals surface area contributed by atoms with Gasteiger partial charge in [0.2, 0.25) is 5.91 Å². The van der Waals surface area contributed by atoms with Crippen molar-refractivity contribution >= 4 is 23.5 Å². The maximum absolute atomic E-state index is 12.0. The maximum atomic E-state index is 12.0. The molecule has 1 atom stereocenters. The molecular weight excluding hydrogens is 308 g/mol. The molecule has 1 saturated heterocycles. The lowest BCUT2D eigenvalue weighted by atomic mass is 10.2. The van der Waals surface area contributed by atoms with Crippen LogP contribution in [0.5, 0.6) is 0 Å². The molecule has 1 aliphatic rings. The van der Waals surface area contributed by atoms with E-state index in [1.54, 1.807) is 0 Å². The summed E-state index contributed by atoms with van der Waals surface area (Å²) in [4.78, 5) is 40.0. The minimum Gasteiger partial charge on any atom is -0.375 e. The Kier molecular flexibility index (Phi) is 5.78. The first kappa shape index (κ1) is 17.8. The molecular formula is C17H24N4O3. The lowest BCUT2D eigenvalue weighted by molar-refractivity contribution is -0.131. The average Bonchev–Trinajstić information content (AvgIpc) is 2.77. The van der Waals surface area contributed by atoms with Crippen LogP contribution in [0.2, 0.25) is 0 Å². The van der Waals surface area contributed by atoms with Crippen LogP contribution in [-0.4, -0.2) is 67.9 Å². The van der Waals surface area contributed by atoms with Crippen LogP contribution in [0.3, 0.4) is 0 Å². The SMILES string of the molecule is CN1C(=O)[C@@H](CC(=O)NCCCN(C)c2ccccc2)N(C)C1=O. The second-order valence-electron chi connectivity index (χ2n) is 5.97. The number of anilines is 1. The quantitative estimate of drug-likeness (QED) is 0.595. The molecule has 0 unspecified atom stereocenters. The van der Waals surface area contributed by atoms with E-state index in [4.69, 9.17) is 0 Å². The van der Waals surface area contributed by atoms with Gasteiger partial charge in [-0.05, 0) is 18.6 Å². The van der Waals surface area contributed by atoms with Crippen molar-refractivity contribution in [3.63, 3.8) is 0 Å². The number of hydrogen-bond donors (Lipinski definition) is 1. The number of urea groups is 1. The van der Waals surface area contributed by atoms with Gasteiger partial charge in [-0.3, -0.25) is 14.5 Å². The summed E-state index contributed by atoms with van der Waals surface area (Å²) in [5.74, 6) is -0.549. The maximum Gasteiger partial charge on any atom is 0.326 e. The first-order chi connectivity index (χ1) is 11.4. The molecule has 130 valence electrons. The summed E-state index contributed by atoms with van der Waals surface area (Å²) >= 11 is 0. The predicted molar refractivity (Wildman–Crippen MR) is 91.7 cm³/mol. The van der Waals surface area contributed by atoms with Crippen molar-refractivity contribution in [3.8, 4) is 0 Å². The summed E-state index contributed by atoms with van der Waals surface area (Å²) in [7, 11) is 4.97. The molecule has 7 nitrogen and oxygen atoms in total. The molecule has 7 heteroatoms. The number of benzene rings is 1. The van der Waals surface area contributed by atoms with Gasteiger partial charge in [0.15, 0.2) is 0 Å². The minimum absolute atomic E-state index is 0.0000616. The first-order valence-corrected chi connectivity index (χ1v) is 7.99. The molecule has 0 bridgehead atoms. The summed E-state index contributed by atoms with van der Waals surface area (Å²) < 4.78 is 0. The van der Waals surface area contributed by atoms with Crippen LogP contribution in [0.1, 0.15) is 12.8 Å². The van der Waals surface area contributed by atoms with E-state index in [2.05, 4.69) is 10.2 Å². The van der Waals surface area contributed by atoms with Crippen LogP contribution in [0, 0.1) is 0 Å². The van der Waals surface area contributed by atoms with Gasteiger partial charge in [0.1, 0.15) is 6.04 Å². The number of rotatable bonds is 7. The first-order valence-electron chi connectivity index (χ1n) is 7.99. The van der Waals surface area contributed by atoms with Gasteiger partial charge in [0, 0.05) is 39.9 Å². The Balaban J connectivity index is 1.70. The van der Waals surface area contributed by atoms with Gasteiger partial charge in [0.05, 0.1) is 6.42 Å². The number of hydrogen-bond acceptors (Lipinski definition) is 4. The van der Waals surface area contributed by atoms with E-state index in [9.17, 15) is 14.4 Å². The lowest BCUT2D eigenvalue weighted by Gasteiger charge is -2.19. The van der Waals surface area contributed by atoms with Gasteiger partial charge in [0.25, 0.3) is 5.91 Å². The van der Waals surface area contributed by atoms with Gasteiger partial charge in [-0.2, -0.15) is 0 Å². The molecule has 1 heterocycles. The van der Waals surface area contributed by atoms with E-state index >= 15 is 0 Å². The highest BCUT2D eigenvalue weighted by atomic mass is 16.2. The largest absolute Gasteiger partial charge is 0.375 e. The van der Waals surface area contributed by atoms with Crippen molar-refractivity contribution in [2.45, 2.75) is 18.9 Å². The number of para-hydroxylation sites is 1. The molecule has 0 aliphatic carbocycles. The summed E-state index contributed by atoms with van der Waals surface area (Å²) in [6.45, 7) is 1.35. The Morgan fingerprint density at radius 2 is 1.88 bits per heavy atom. The highest BCUT2D eigenvalue weighted by Gasteiger charge is 2.41. The Morgan fingerprint density at radius 1 is 1.21 bits per heavy atom. The van der Waals surface area contributed by atoms with Crippen molar-refractivity contribution in [1.29, 1.82) is 0 Å². The van der Waals surface area contributed by atoms with E-state index in [-0.39, 0.29) is 24.3 Å². The van der Waals surface area contributed by atoms with Gasteiger partial charge in [-0.1, -0.05) is 18.2 Å². The predicted octanol–water partition coefficient (Wildman–Crippen LogP) is 0.912. The average molecular weight is 332 g/mol. The minimum atomic E-state index is -0.700. The number of carbonyl (C=O) groups excluding carboxylic acids is 3. The smallest absolute Gasteiger partial charge is 0.326 e. The Bertz CT molecular complexity index is 605. The molecule has 1 aliphatic heterocycles. The summed E-state index contributed by atoms with van der Waals surface area (Å²) in [6, 6.07) is 8.95. The second-order valence-corrected chi connectivity index (χ2v) is 5.97.